The van der Waals surface area contributed by atoms with Crippen molar-refractivity contribution in [3.63, 3.8) is 0 Å². The van der Waals surface area contributed by atoms with Gasteiger partial charge in [0.05, 0.1) is 5.69 Å². The Balaban J connectivity index is 2.83. The Kier molecular flexibility index (Phi) is 2.62. The molecule has 0 spiro atoms. The van der Waals surface area contributed by atoms with Crippen LogP contribution in [0, 0.1) is 0 Å². The van der Waals surface area contributed by atoms with Crippen LogP contribution < -0.4 is 11.3 Å². The molecule has 0 saturated heterocycles. The van der Waals surface area contributed by atoms with E-state index in [-0.39, 0.29) is 0 Å². The van der Waals surface area contributed by atoms with Gasteiger partial charge >= 0.3 is 0 Å². The first-order valence-electron chi connectivity index (χ1n) is 3.72. The summed E-state index contributed by atoms with van der Waals surface area (Å²) in [6.07, 6.45) is 2.94. The van der Waals surface area contributed by atoms with E-state index in [0.29, 0.717) is 6.54 Å². The second-order valence-corrected chi connectivity index (χ2v) is 2.51. The molecule has 1 aromatic heterocycles. The molecule has 0 unspecified atom stereocenters. The lowest BCUT2D eigenvalue weighted by molar-refractivity contribution is 0.734. The van der Waals surface area contributed by atoms with E-state index in [9.17, 15) is 0 Å². The van der Waals surface area contributed by atoms with Crippen LogP contribution in [0.1, 0.15) is 18.2 Å². The highest BCUT2D eigenvalue weighted by atomic mass is 15.3. The van der Waals surface area contributed by atoms with E-state index < -0.39 is 0 Å². The van der Waals surface area contributed by atoms with Crippen molar-refractivity contribution in [1.29, 1.82) is 0 Å². The van der Waals surface area contributed by atoms with Crippen LogP contribution in [-0.4, -0.2) is 9.78 Å². The Hall–Kier alpha value is -0.870. The van der Waals surface area contributed by atoms with Gasteiger partial charge in [-0.05, 0) is 6.42 Å². The van der Waals surface area contributed by atoms with Crippen molar-refractivity contribution in [2.75, 3.05) is 0 Å². The minimum atomic E-state index is 0.691. The Morgan fingerprint density at radius 1 is 1.73 bits per heavy atom. The van der Waals surface area contributed by atoms with E-state index >= 15 is 0 Å². The largest absolute Gasteiger partial charge is 0.275 e. The maximum atomic E-state index is 5.21. The van der Waals surface area contributed by atoms with Gasteiger partial charge in [0.2, 0.25) is 0 Å². The summed E-state index contributed by atoms with van der Waals surface area (Å²) in [6, 6.07) is 0. The second-order valence-electron chi connectivity index (χ2n) is 2.51. The molecule has 0 fully saturated rings. The summed E-state index contributed by atoms with van der Waals surface area (Å²) >= 11 is 0. The third kappa shape index (κ3) is 1.78. The zero-order valence-corrected chi connectivity index (χ0v) is 6.96. The zero-order chi connectivity index (χ0) is 8.27. The molecular weight excluding hydrogens is 140 g/mol. The lowest BCUT2D eigenvalue weighted by Crippen LogP contribution is -2.21. The quantitative estimate of drug-likeness (QED) is 0.474. The molecule has 3 N–H and O–H groups in total. The molecule has 0 aromatic carbocycles. The van der Waals surface area contributed by atoms with Crippen molar-refractivity contribution in [1.82, 2.24) is 15.2 Å². The van der Waals surface area contributed by atoms with E-state index in [1.807, 2.05) is 17.9 Å². The highest BCUT2D eigenvalue weighted by Gasteiger charge is 2.03. The third-order valence-electron chi connectivity index (χ3n) is 1.62. The van der Waals surface area contributed by atoms with Crippen LogP contribution in [0.5, 0.6) is 0 Å². The number of rotatable bonds is 3. The average molecular weight is 154 g/mol. The zero-order valence-electron chi connectivity index (χ0n) is 6.96. The predicted molar refractivity (Wildman–Crippen MR) is 43.6 cm³/mol. The minimum Gasteiger partial charge on any atom is -0.275 e. The molecule has 1 rings (SSSR count). The predicted octanol–water partition coefficient (Wildman–Crippen LogP) is -0.0542. The summed E-state index contributed by atoms with van der Waals surface area (Å²) in [6.45, 7) is 2.78. The van der Waals surface area contributed by atoms with Crippen molar-refractivity contribution < 1.29 is 0 Å². The van der Waals surface area contributed by atoms with E-state index in [4.69, 9.17) is 5.84 Å². The summed E-state index contributed by atoms with van der Waals surface area (Å²) < 4.78 is 1.81. The molecule has 0 aliphatic heterocycles. The van der Waals surface area contributed by atoms with E-state index in [2.05, 4.69) is 17.4 Å². The monoisotopic (exact) mass is 154 g/mol. The van der Waals surface area contributed by atoms with Crippen LogP contribution in [0.15, 0.2) is 6.20 Å². The molecule has 4 nitrogen and oxygen atoms in total. The van der Waals surface area contributed by atoms with E-state index in [1.165, 1.54) is 5.56 Å². The summed E-state index contributed by atoms with van der Waals surface area (Å²) in [5, 5.41) is 4.27. The van der Waals surface area contributed by atoms with Gasteiger partial charge in [-0.2, -0.15) is 5.10 Å². The minimum absolute atomic E-state index is 0.691. The number of nitrogens with one attached hydrogen (secondary N) is 1. The molecule has 1 aromatic rings. The molecule has 0 atom stereocenters. The van der Waals surface area contributed by atoms with Crippen molar-refractivity contribution >= 4 is 0 Å². The molecule has 62 valence electrons. The fraction of sp³-hybridized carbons (Fsp3) is 0.571. The van der Waals surface area contributed by atoms with Gasteiger partial charge in [0.15, 0.2) is 0 Å². The van der Waals surface area contributed by atoms with Gasteiger partial charge in [0, 0.05) is 25.4 Å². The fourth-order valence-corrected chi connectivity index (χ4v) is 1.14. The summed E-state index contributed by atoms with van der Waals surface area (Å²) in [7, 11) is 1.92. The molecule has 0 amide bonds. The molecule has 11 heavy (non-hydrogen) atoms. The Labute approximate surface area is 66.4 Å². The SMILES string of the molecule is CCc1nn(C)cc1CNN. The highest BCUT2D eigenvalue weighted by Crippen LogP contribution is 2.05. The van der Waals surface area contributed by atoms with E-state index in [0.717, 1.165) is 12.1 Å². The van der Waals surface area contributed by atoms with Crippen LogP contribution in [0.2, 0.25) is 0 Å². The molecule has 0 aliphatic carbocycles. The molecular formula is C7H14N4. The van der Waals surface area contributed by atoms with Gasteiger partial charge in [-0.15, -0.1) is 0 Å². The summed E-state index contributed by atoms with van der Waals surface area (Å²) in [5.74, 6) is 5.21. The van der Waals surface area contributed by atoms with Crippen LogP contribution in [-0.2, 0) is 20.0 Å². The number of nitrogens with zero attached hydrogens (tertiary/aromatic N) is 2. The lowest BCUT2D eigenvalue weighted by Gasteiger charge is -1.95. The number of hydrogen-bond donors (Lipinski definition) is 2. The molecule has 0 aliphatic rings. The van der Waals surface area contributed by atoms with Gasteiger partial charge in [0.25, 0.3) is 0 Å². The fourth-order valence-electron chi connectivity index (χ4n) is 1.14. The Morgan fingerprint density at radius 3 is 3.00 bits per heavy atom. The molecule has 4 heteroatoms. The van der Waals surface area contributed by atoms with E-state index in [1.54, 1.807) is 0 Å². The van der Waals surface area contributed by atoms with Crippen LogP contribution >= 0.6 is 0 Å². The summed E-state index contributed by atoms with van der Waals surface area (Å²) in [4.78, 5) is 0. The lowest BCUT2D eigenvalue weighted by atomic mass is 10.2. The topological polar surface area (TPSA) is 55.9 Å². The van der Waals surface area contributed by atoms with Crippen molar-refractivity contribution in [3.8, 4) is 0 Å². The van der Waals surface area contributed by atoms with Crippen molar-refractivity contribution in [3.05, 3.63) is 17.5 Å². The van der Waals surface area contributed by atoms with Gasteiger partial charge in [-0.3, -0.25) is 16.0 Å². The van der Waals surface area contributed by atoms with Gasteiger partial charge < -0.3 is 0 Å². The average Bonchev–Trinajstić information content (AvgIpc) is 2.32. The van der Waals surface area contributed by atoms with Crippen LogP contribution in [0.25, 0.3) is 0 Å². The first-order valence-corrected chi connectivity index (χ1v) is 3.72. The number of nitrogens with two attached hydrogens (primary N) is 1. The van der Waals surface area contributed by atoms with Crippen LogP contribution in [0.3, 0.4) is 0 Å². The molecule has 1 heterocycles. The highest BCUT2D eigenvalue weighted by molar-refractivity contribution is 5.16. The maximum absolute atomic E-state index is 5.21. The molecule has 0 radical (unpaired) electrons. The summed E-state index contributed by atoms with van der Waals surface area (Å²) in [5.41, 5.74) is 4.91. The number of aromatic nitrogens is 2. The van der Waals surface area contributed by atoms with Gasteiger partial charge in [-0.25, -0.2) is 0 Å². The second kappa shape index (κ2) is 3.50. The van der Waals surface area contributed by atoms with Gasteiger partial charge in [-0.1, -0.05) is 6.92 Å². The van der Waals surface area contributed by atoms with Gasteiger partial charge in [0.1, 0.15) is 0 Å². The molecule has 0 bridgehead atoms. The standard InChI is InChI=1S/C7H14N4/c1-3-7-6(4-9-8)5-11(2)10-7/h5,9H,3-4,8H2,1-2H3. The Bertz CT molecular complexity index is 228. The normalized spacial score (nSPS) is 10.5. The first-order chi connectivity index (χ1) is 5.27. The van der Waals surface area contributed by atoms with Crippen molar-refractivity contribution in [2.24, 2.45) is 12.9 Å². The number of hydrogen-bond acceptors (Lipinski definition) is 3. The molecule has 0 saturated carbocycles. The maximum Gasteiger partial charge on any atom is 0.0667 e. The van der Waals surface area contributed by atoms with Crippen molar-refractivity contribution in [2.45, 2.75) is 19.9 Å². The first kappa shape index (κ1) is 8.23. The Morgan fingerprint density at radius 2 is 2.45 bits per heavy atom. The number of aryl methyl sites for hydroxylation is 2. The van der Waals surface area contributed by atoms with Crippen LogP contribution in [0.4, 0.5) is 0 Å². The smallest absolute Gasteiger partial charge is 0.0667 e. The third-order valence-corrected chi connectivity index (χ3v) is 1.62. The number of hydrazine groups is 1.